The number of anilines is 2. The highest BCUT2D eigenvalue weighted by Crippen LogP contribution is 2.30. The molecule has 24 heavy (non-hydrogen) atoms. The Morgan fingerprint density at radius 1 is 1.33 bits per heavy atom. The van der Waals surface area contributed by atoms with Gasteiger partial charge in [-0.2, -0.15) is 10.1 Å². The van der Waals surface area contributed by atoms with Gasteiger partial charge in [-0.3, -0.25) is 19.5 Å². The highest BCUT2D eigenvalue weighted by atomic mass is 35.5. The minimum Gasteiger partial charge on any atom is -0.274 e. The fourth-order valence-electron chi connectivity index (χ4n) is 2.51. The summed E-state index contributed by atoms with van der Waals surface area (Å²) in [6.45, 7) is 3.32. The molecule has 0 spiro atoms. The van der Waals surface area contributed by atoms with Crippen molar-refractivity contribution in [3.8, 4) is 0 Å². The Balaban J connectivity index is 2.03. The Morgan fingerprint density at radius 3 is 2.79 bits per heavy atom. The zero-order chi connectivity index (χ0) is 17.3. The smallest absolute Gasteiger partial charge is 0.255 e. The van der Waals surface area contributed by atoms with Gasteiger partial charge in [0.15, 0.2) is 0 Å². The van der Waals surface area contributed by atoms with Crippen LogP contribution in [0.2, 0.25) is 5.02 Å². The zero-order valence-electron chi connectivity index (χ0n) is 13.2. The fourth-order valence-corrected chi connectivity index (χ4v) is 2.71. The van der Waals surface area contributed by atoms with Gasteiger partial charge in [-0.25, -0.2) is 0 Å². The molecule has 2 amide bonds. The van der Waals surface area contributed by atoms with Gasteiger partial charge < -0.3 is 0 Å². The summed E-state index contributed by atoms with van der Waals surface area (Å²) in [5.74, 6) is -0.154. The Kier molecular flexibility index (Phi) is 4.31. The molecule has 0 N–H and O–H groups in total. The summed E-state index contributed by atoms with van der Waals surface area (Å²) in [5, 5.41) is 5.99. The number of carbonyl (C=O) groups excluding carboxylic acids is 2. The molecule has 3 rings (SSSR count). The highest BCUT2D eigenvalue weighted by Gasteiger charge is 2.32. The van der Waals surface area contributed by atoms with Gasteiger partial charge in [-0.1, -0.05) is 17.7 Å². The number of aryl methyl sites for hydroxylation is 1. The summed E-state index contributed by atoms with van der Waals surface area (Å²) < 4.78 is 0. The van der Waals surface area contributed by atoms with Gasteiger partial charge in [0.25, 0.3) is 5.91 Å². The van der Waals surface area contributed by atoms with Crippen LogP contribution in [-0.2, 0) is 9.59 Å². The van der Waals surface area contributed by atoms with E-state index in [0.717, 1.165) is 5.56 Å². The van der Waals surface area contributed by atoms with Crippen LogP contribution < -0.4 is 9.91 Å². The summed E-state index contributed by atoms with van der Waals surface area (Å²) in [6.07, 6.45) is 3.17. The first-order chi connectivity index (χ1) is 11.5. The summed E-state index contributed by atoms with van der Waals surface area (Å²) in [6, 6.07) is 8.82. The predicted octanol–water partition coefficient (Wildman–Crippen LogP) is 3.15. The topological polar surface area (TPSA) is 65.9 Å². The number of hydrogen-bond acceptors (Lipinski definition) is 4. The van der Waals surface area contributed by atoms with Crippen LogP contribution in [-0.4, -0.2) is 22.6 Å². The molecule has 0 radical (unpaired) electrons. The van der Waals surface area contributed by atoms with E-state index < -0.39 is 0 Å². The second-order valence-corrected chi connectivity index (χ2v) is 5.83. The lowest BCUT2D eigenvalue weighted by atomic mass is 10.2. The van der Waals surface area contributed by atoms with Crippen LogP contribution in [0.25, 0.3) is 0 Å². The number of carbonyl (C=O) groups is 2. The third-order valence-electron chi connectivity index (χ3n) is 3.57. The number of aromatic nitrogens is 1. The summed E-state index contributed by atoms with van der Waals surface area (Å²) in [5.41, 5.74) is 2.02. The van der Waals surface area contributed by atoms with E-state index in [1.165, 1.54) is 16.8 Å². The average Bonchev–Trinajstić information content (AvgIpc) is 2.93. The van der Waals surface area contributed by atoms with Crippen molar-refractivity contribution in [2.75, 3.05) is 9.91 Å². The van der Waals surface area contributed by atoms with E-state index in [1.54, 1.807) is 36.7 Å². The van der Waals surface area contributed by atoms with Crippen molar-refractivity contribution in [3.63, 3.8) is 0 Å². The predicted molar refractivity (Wildman–Crippen MR) is 93.1 cm³/mol. The molecule has 2 aromatic rings. The van der Waals surface area contributed by atoms with Gasteiger partial charge in [0.05, 0.1) is 29.0 Å². The van der Waals surface area contributed by atoms with E-state index in [1.807, 2.05) is 13.0 Å². The normalized spacial score (nSPS) is 13.9. The number of rotatable bonds is 2. The van der Waals surface area contributed by atoms with Crippen LogP contribution in [0.15, 0.2) is 47.8 Å². The van der Waals surface area contributed by atoms with Crippen LogP contribution in [0.3, 0.4) is 0 Å². The van der Waals surface area contributed by atoms with Crippen LogP contribution in [0.1, 0.15) is 18.9 Å². The van der Waals surface area contributed by atoms with Crippen LogP contribution in [0.4, 0.5) is 11.4 Å². The van der Waals surface area contributed by atoms with Crippen LogP contribution in [0, 0.1) is 6.92 Å². The van der Waals surface area contributed by atoms with Crippen molar-refractivity contribution < 1.29 is 9.59 Å². The molecule has 7 heteroatoms. The SMILES string of the molecule is CC(=O)N(C1=NN(c2cccnc2)C(=O)C1)c1cc(C)ccc1Cl. The van der Waals surface area contributed by atoms with Crippen molar-refractivity contribution in [2.24, 2.45) is 5.10 Å². The molecule has 2 heterocycles. The number of halogens is 1. The van der Waals surface area contributed by atoms with Crippen LogP contribution >= 0.6 is 11.6 Å². The monoisotopic (exact) mass is 342 g/mol. The Bertz CT molecular complexity index is 836. The van der Waals surface area contributed by atoms with Gasteiger partial charge in [0, 0.05) is 13.1 Å². The van der Waals surface area contributed by atoms with Crippen molar-refractivity contribution in [3.05, 3.63) is 53.3 Å². The van der Waals surface area contributed by atoms with E-state index in [4.69, 9.17) is 11.6 Å². The Hall–Kier alpha value is -2.73. The average molecular weight is 343 g/mol. The second kappa shape index (κ2) is 6.41. The number of hydrazone groups is 1. The third-order valence-corrected chi connectivity index (χ3v) is 3.89. The lowest BCUT2D eigenvalue weighted by Crippen LogP contribution is -2.34. The standard InChI is InChI=1S/C17H15ClN4O2/c1-11-5-6-14(18)15(8-11)21(12(2)23)16-9-17(24)22(20-16)13-4-3-7-19-10-13/h3-8,10H,9H2,1-2H3. The summed E-state index contributed by atoms with van der Waals surface area (Å²) >= 11 is 6.25. The molecule has 0 saturated carbocycles. The minimum absolute atomic E-state index is 0.0126. The van der Waals surface area contributed by atoms with Gasteiger partial charge in [0.2, 0.25) is 5.91 Å². The molecule has 0 saturated heterocycles. The molecule has 0 bridgehead atoms. The molecule has 0 atom stereocenters. The zero-order valence-corrected chi connectivity index (χ0v) is 14.0. The number of benzene rings is 1. The van der Waals surface area contributed by atoms with Crippen LogP contribution in [0.5, 0.6) is 0 Å². The molecule has 0 aliphatic carbocycles. The van der Waals surface area contributed by atoms with Gasteiger partial charge in [0.1, 0.15) is 5.84 Å². The maximum atomic E-state index is 12.3. The lowest BCUT2D eigenvalue weighted by Gasteiger charge is -2.21. The molecular weight excluding hydrogens is 328 g/mol. The number of nitrogens with zero attached hydrogens (tertiary/aromatic N) is 4. The molecule has 1 aliphatic heterocycles. The molecular formula is C17H15ClN4O2. The minimum atomic E-state index is -0.262. The van der Waals surface area contributed by atoms with Crippen molar-refractivity contribution >= 4 is 40.6 Å². The largest absolute Gasteiger partial charge is 0.274 e. The number of pyridine rings is 1. The van der Waals surface area contributed by atoms with E-state index in [2.05, 4.69) is 10.1 Å². The number of hydrogen-bond donors (Lipinski definition) is 0. The maximum Gasteiger partial charge on any atom is 0.255 e. The van der Waals surface area contributed by atoms with Gasteiger partial charge in [-0.15, -0.1) is 0 Å². The molecule has 6 nitrogen and oxygen atoms in total. The summed E-state index contributed by atoms with van der Waals surface area (Å²) in [7, 11) is 0. The van der Waals surface area contributed by atoms with Crippen molar-refractivity contribution in [2.45, 2.75) is 20.3 Å². The summed E-state index contributed by atoms with van der Waals surface area (Å²) in [4.78, 5) is 29.9. The fraction of sp³-hybridized carbons (Fsp3) is 0.176. The van der Waals surface area contributed by atoms with Crippen molar-refractivity contribution in [1.82, 2.24) is 4.98 Å². The Morgan fingerprint density at radius 2 is 2.12 bits per heavy atom. The Labute approximate surface area is 144 Å². The highest BCUT2D eigenvalue weighted by molar-refractivity contribution is 6.36. The molecule has 1 aromatic heterocycles. The molecule has 0 fully saturated rings. The third kappa shape index (κ3) is 3.00. The molecule has 122 valence electrons. The van der Waals surface area contributed by atoms with Crippen molar-refractivity contribution in [1.29, 1.82) is 0 Å². The second-order valence-electron chi connectivity index (χ2n) is 5.42. The van der Waals surface area contributed by atoms with E-state index in [-0.39, 0.29) is 18.2 Å². The van der Waals surface area contributed by atoms with E-state index >= 15 is 0 Å². The maximum absolute atomic E-state index is 12.3. The number of amides is 2. The molecule has 0 unspecified atom stereocenters. The molecule has 1 aromatic carbocycles. The molecule has 1 aliphatic rings. The van der Waals surface area contributed by atoms with E-state index in [9.17, 15) is 9.59 Å². The quantitative estimate of drug-likeness (QED) is 0.842. The first-order valence-corrected chi connectivity index (χ1v) is 7.72. The number of amidine groups is 1. The first-order valence-electron chi connectivity index (χ1n) is 7.34. The van der Waals surface area contributed by atoms with Gasteiger partial charge in [-0.05, 0) is 36.8 Å². The first kappa shape index (κ1) is 16.1. The van der Waals surface area contributed by atoms with E-state index in [0.29, 0.717) is 22.2 Å². The lowest BCUT2D eigenvalue weighted by molar-refractivity contribution is -0.116. The van der Waals surface area contributed by atoms with Gasteiger partial charge >= 0.3 is 0 Å².